The largest absolute Gasteiger partial charge is 0.508 e. The van der Waals surface area contributed by atoms with Crippen molar-refractivity contribution in [2.24, 2.45) is 0 Å². The number of phenolic OH excluding ortho intramolecular Hbond substituents is 1. The molecule has 0 aliphatic rings. The van der Waals surface area contributed by atoms with Gasteiger partial charge < -0.3 is 15.1 Å². The molecule has 1 rings (SSSR count). The number of hydrogen-bond donors (Lipinski definition) is 2. The van der Waals surface area contributed by atoms with Gasteiger partial charge in [0.05, 0.1) is 6.10 Å². The van der Waals surface area contributed by atoms with Gasteiger partial charge in [-0.3, -0.25) is 0 Å². The highest BCUT2D eigenvalue weighted by Gasteiger charge is 2.17. The molecule has 0 aromatic heterocycles. The number of unbranched alkanes of at least 4 members (excludes halogenated alkanes) is 11. The molecule has 0 saturated carbocycles. The van der Waals surface area contributed by atoms with E-state index in [2.05, 4.69) is 6.92 Å². The molecule has 1 aromatic rings. The zero-order valence-electron chi connectivity index (χ0n) is 17.4. The number of benzene rings is 1. The van der Waals surface area contributed by atoms with Crippen LogP contribution >= 0.6 is 0 Å². The zero-order valence-corrected chi connectivity index (χ0v) is 17.4. The van der Waals surface area contributed by atoms with Crippen molar-refractivity contribution in [3.8, 4) is 11.5 Å². The fourth-order valence-corrected chi connectivity index (χ4v) is 3.21. The molecule has 0 bridgehead atoms. The highest BCUT2D eigenvalue weighted by molar-refractivity contribution is 5.31. The number of rotatable bonds is 17. The van der Waals surface area contributed by atoms with E-state index in [0.29, 0.717) is 5.75 Å². The molecule has 2 N–H and O–H groups in total. The van der Waals surface area contributed by atoms with E-state index >= 15 is 0 Å². The molecule has 0 aliphatic heterocycles. The van der Waals surface area contributed by atoms with Crippen molar-refractivity contribution in [1.82, 2.24) is 0 Å². The second kappa shape index (κ2) is 15.8. The molecule has 4 heteroatoms. The molecular formula is C23H40O4. The van der Waals surface area contributed by atoms with Crippen molar-refractivity contribution in [2.75, 3.05) is 0 Å². The predicted molar refractivity (Wildman–Crippen MR) is 111 cm³/mol. The second-order valence-corrected chi connectivity index (χ2v) is 7.63. The normalized spacial score (nSPS) is 13.4. The van der Waals surface area contributed by atoms with Crippen LogP contribution < -0.4 is 4.89 Å². The van der Waals surface area contributed by atoms with E-state index in [4.69, 9.17) is 9.78 Å². The van der Waals surface area contributed by atoms with E-state index in [0.717, 1.165) is 19.3 Å². The maximum Gasteiger partial charge on any atom is 0.169 e. The molecule has 156 valence electrons. The summed E-state index contributed by atoms with van der Waals surface area (Å²) in [5.41, 5.74) is 0. The number of hydrogen-bond acceptors (Lipinski definition) is 4. The summed E-state index contributed by atoms with van der Waals surface area (Å²) in [6, 6.07) is 6.47. The topological polar surface area (TPSA) is 58.9 Å². The van der Waals surface area contributed by atoms with E-state index in [1.54, 1.807) is 25.1 Å². The summed E-state index contributed by atoms with van der Waals surface area (Å²) in [6.07, 6.45) is 15.6. The summed E-state index contributed by atoms with van der Waals surface area (Å²) in [4.78, 5) is 10.6. The van der Waals surface area contributed by atoms with Crippen molar-refractivity contribution >= 4 is 0 Å². The van der Waals surface area contributed by atoms with E-state index < -0.39 is 6.10 Å². The Labute approximate surface area is 165 Å². The summed E-state index contributed by atoms with van der Waals surface area (Å²) in [5, 5.41) is 19.3. The molecule has 1 aromatic carbocycles. The predicted octanol–water partition coefficient (Wildman–Crippen LogP) is 6.54. The van der Waals surface area contributed by atoms with Crippen molar-refractivity contribution in [1.29, 1.82) is 0 Å². The van der Waals surface area contributed by atoms with Crippen molar-refractivity contribution in [2.45, 2.75) is 110 Å². The van der Waals surface area contributed by atoms with Crippen LogP contribution in [0.3, 0.4) is 0 Å². The smallest absolute Gasteiger partial charge is 0.169 e. The molecular weight excluding hydrogens is 340 g/mol. The summed E-state index contributed by atoms with van der Waals surface area (Å²) in [7, 11) is 0. The number of aliphatic hydroxyl groups excluding tert-OH is 1. The molecule has 2 atom stereocenters. The molecule has 27 heavy (non-hydrogen) atoms. The molecule has 4 nitrogen and oxygen atoms in total. The van der Waals surface area contributed by atoms with E-state index in [1.165, 1.54) is 70.3 Å². The van der Waals surface area contributed by atoms with E-state index in [-0.39, 0.29) is 11.9 Å². The molecule has 0 fully saturated rings. The molecule has 2 unspecified atom stereocenters. The lowest BCUT2D eigenvalue weighted by Gasteiger charge is -2.19. The summed E-state index contributed by atoms with van der Waals surface area (Å²) in [5.74, 6) is 0.570. The first kappa shape index (κ1) is 23.8. The van der Waals surface area contributed by atoms with Crippen LogP contribution in [0.2, 0.25) is 0 Å². The first-order valence-corrected chi connectivity index (χ1v) is 10.9. The van der Waals surface area contributed by atoms with Crippen LogP contribution in [0.15, 0.2) is 24.3 Å². The molecule has 0 radical (unpaired) electrons. The lowest BCUT2D eigenvalue weighted by Crippen LogP contribution is -2.27. The Hall–Kier alpha value is -1.26. The third kappa shape index (κ3) is 12.7. The van der Waals surface area contributed by atoms with Crippen LogP contribution in [-0.2, 0) is 4.89 Å². The fourth-order valence-electron chi connectivity index (χ4n) is 3.21. The maximum atomic E-state index is 9.87. The van der Waals surface area contributed by atoms with Crippen molar-refractivity contribution in [3.05, 3.63) is 24.3 Å². The van der Waals surface area contributed by atoms with E-state index in [9.17, 15) is 10.2 Å². The highest BCUT2D eigenvalue weighted by Crippen LogP contribution is 2.20. The highest BCUT2D eigenvalue weighted by atomic mass is 17.2. The van der Waals surface area contributed by atoms with Gasteiger partial charge in [0.1, 0.15) is 11.9 Å². The number of phenols is 1. The Balaban J connectivity index is 2.02. The second-order valence-electron chi connectivity index (χ2n) is 7.63. The van der Waals surface area contributed by atoms with Gasteiger partial charge in [-0.1, -0.05) is 90.0 Å². The van der Waals surface area contributed by atoms with Gasteiger partial charge >= 0.3 is 0 Å². The van der Waals surface area contributed by atoms with Gasteiger partial charge in [-0.25, -0.2) is 0 Å². The first-order chi connectivity index (χ1) is 13.1. The lowest BCUT2D eigenvalue weighted by molar-refractivity contribution is -0.265. The van der Waals surface area contributed by atoms with Gasteiger partial charge in [0.2, 0.25) is 0 Å². The van der Waals surface area contributed by atoms with E-state index in [1.807, 2.05) is 0 Å². The average Bonchev–Trinajstić information content (AvgIpc) is 2.64. The summed E-state index contributed by atoms with van der Waals surface area (Å²) >= 11 is 0. The number of aliphatic hydroxyl groups is 1. The molecule has 0 amide bonds. The van der Waals surface area contributed by atoms with Gasteiger partial charge in [-0.2, -0.15) is 4.89 Å². The Morgan fingerprint density at radius 2 is 1.41 bits per heavy atom. The van der Waals surface area contributed by atoms with Gasteiger partial charge in [0.15, 0.2) is 5.75 Å². The van der Waals surface area contributed by atoms with Crippen LogP contribution in [0.5, 0.6) is 11.5 Å². The average molecular weight is 381 g/mol. The Morgan fingerprint density at radius 3 is 1.93 bits per heavy atom. The Kier molecular flexibility index (Phi) is 13.9. The lowest BCUT2D eigenvalue weighted by atomic mass is 10.0. The van der Waals surface area contributed by atoms with Crippen molar-refractivity contribution < 1.29 is 20.0 Å². The van der Waals surface area contributed by atoms with Gasteiger partial charge in [-0.05, 0) is 25.5 Å². The summed E-state index contributed by atoms with van der Waals surface area (Å²) < 4.78 is 0. The standard InChI is InChI=1S/C23H40O4/c1-3-4-5-6-7-8-9-10-11-12-13-14-18-23(20(2)24)27-26-22-17-15-16-21(25)19-22/h15-17,19-20,23-25H,3-14,18H2,1-2H3. The third-order valence-corrected chi connectivity index (χ3v) is 4.97. The Bertz CT molecular complexity index is 461. The fraction of sp³-hybridized carbons (Fsp3) is 0.739. The van der Waals surface area contributed by atoms with Gasteiger partial charge in [0, 0.05) is 6.07 Å². The molecule has 0 aliphatic carbocycles. The minimum absolute atomic E-state index is 0.130. The van der Waals surface area contributed by atoms with Crippen LogP contribution in [0.4, 0.5) is 0 Å². The quantitative estimate of drug-likeness (QED) is 0.183. The zero-order chi connectivity index (χ0) is 19.7. The van der Waals surface area contributed by atoms with Gasteiger partial charge in [-0.15, -0.1) is 0 Å². The maximum absolute atomic E-state index is 9.87. The van der Waals surface area contributed by atoms with Crippen LogP contribution in [-0.4, -0.2) is 22.4 Å². The third-order valence-electron chi connectivity index (χ3n) is 4.97. The number of aromatic hydroxyl groups is 1. The van der Waals surface area contributed by atoms with Crippen LogP contribution in [0.1, 0.15) is 97.3 Å². The molecule has 0 spiro atoms. The van der Waals surface area contributed by atoms with Crippen LogP contribution in [0.25, 0.3) is 0 Å². The minimum Gasteiger partial charge on any atom is -0.508 e. The minimum atomic E-state index is -0.588. The molecule has 0 saturated heterocycles. The monoisotopic (exact) mass is 380 g/mol. The first-order valence-electron chi connectivity index (χ1n) is 10.9. The summed E-state index contributed by atoms with van der Waals surface area (Å²) in [6.45, 7) is 3.98. The Morgan fingerprint density at radius 1 is 0.852 bits per heavy atom. The van der Waals surface area contributed by atoms with Crippen molar-refractivity contribution in [3.63, 3.8) is 0 Å². The van der Waals surface area contributed by atoms with Gasteiger partial charge in [0.25, 0.3) is 0 Å². The molecule has 0 heterocycles. The SMILES string of the molecule is CCCCCCCCCCCCCCC(OOc1cccc(O)c1)C(C)O. The van der Waals surface area contributed by atoms with Crippen LogP contribution in [0, 0.1) is 0 Å².